The SMILES string of the molecule is CSCCc1cc2nc(Cl)sc2n1C. The van der Waals surface area contributed by atoms with E-state index in [1.165, 1.54) is 10.5 Å². The molecule has 0 aliphatic rings. The summed E-state index contributed by atoms with van der Waals surface area (Å²) in [4.78, 5) is 5.43. The first kappa shape index (κ1) is 10.3. The van der Waals surface area contributed by atoms with E-state index in [9.17, 15) is 0 Å². The second kappa shape index (κ2) is 4.13. The third kappa shape index (κ3) is 1.78. The second-order valence-electron chi connectivity index (χ2n) is 3.09. The molecule has 0 amide bonds. The van der Waals surface area contributed by atoms with E-state index in [1.807, 2.05) is 11.8 Å². The lowest BCUT2D eigenvalue weighted by molar-refractivity contribution is 0.875. The highest BCUT2D eigenvalue weighted by atomic mass is 35.5. The molecule has 5 heteroatoms. The maximum absolute atomic E-state index is 5.84. The summed E-state index contributed by atoms with van der Waals surface area (Å²) in [7, 11) is 2.08. The molecule has 2 aromatic rings. The fourth-order valence-electron chi connectivity index (χ4n) is 1.46. The molecular weight excluding hydrogens is 236 g/mol. The molecule has 14 heavy (non-hydrogen) atoms. The van der Waals surface area contributed by atoms with Crippen molar-refractivity contribution in [3.8, 4) is 0 Å². The number of fused-ring (bicyclic) bond motifs is 1. The van der Waals surface area contributed by atoms with Crippen molar-refractivity contribution < 1.29 is 0 Å². The van der Waals surface area contributed by atoms with Crippen molar-refractivity contribution in [2.45, 2.75) is 6.42 Å². The van der Waals surface area contributed by atoms with Gasteiger partial charge in [-0.1, -0.05) is 22.9 Å². The number of nitrogens with zero attached hydrogens (tertiary/aromatic N) is 2. The molecule has 0 saturated heterocycles. The molecule has 0 bridgehead atoms. The maximum atomic E-state index is 5.84. The van der Waals surface area contributed by atoms with Gasteiger partial charge in [0, 0.05) is 12.7 Å². The van der Waals surface area contributed by atoms with Gasteiger partial charge >= 0.3 is 0 Å². The lowest BCUT2D eigenvalue weighted by Crippen LogP contribution is -1.96. The van der Waals surface area contributed by atoms with Gasteiger partial charge in [0.1, 0.15) is 10.3 Å². The summed E-state index contributed by atoms with van der Waals surface area (Å²) < 4.78 is 2.82. The smallest absolute Gasteiger partial charge is 0.186 e. The average molecular weight is 247 g/mol. The number of hydrogen-bond acceptors (Lipinski definition) is 3. The second-order valence-corrected chi connectivity index (χ2v) is 5.64. The van der Waals surface area contributed by atoms with Crippen LogP contribution in [0.4, 0.5) is 0 Å². The van der Waals surface area contributed by atoms with Gasteiger partial charge in [-0.25, -0.2) is 4.98 Å². The number of halogens is 1. The Labute approximate surface area is 96.3 Å². The molecule has 0 aromatic carbocycles. The van der Waals surface area contributed by atoms with Crippen LogP contribution in [0.25, 0.3) is 10.3 Å². The number of aromatic nitrogens is 2. The van der Waals surface area contributed by atoms with Crippen LogP contribution >= 0.6 is 34.7 Å². The molecule has 0 fully saturated rings. The molecule has 0 radical (unpaired) electrons. The zero-order valence-corrected chi connectivity index (χ0v) is 10.5. The molecule has 0 aliphatic heterocycles. The summed E-state index contributed by atoms with van der Waals surface area (Å²) in [5.74, 6) is 1.15. The Bertz CT molecular complexity index is 447. The Hall–Kier alpha value is -0.190. The molecular formula is C9H11ClN2S2. The van der Waals surface area contributed by atoms with E-state index in [0.29, 0.717) is 4.47 Å². The van der Waals surface area contributed by atoms with Gasteiger partial charge in [0.15, 0.2) is 4.47 Å². The molecule has 2 aromatic heterocycles. The summed E-state index contributed by atoms with van der Waals surface area (Å²) in [6.45, 7) is 0. The molecule has 0 atom stereocenters. The molecule has 2 heterocycles. The number of aryl methyl sites for hydroxylation is 2. The van der Waals surface area contributed by atoms with Crippen molar-refractivity contribution >= 4 is 45.0 Å². The third-order valence-corrected chi connectivity index (χ3v) is 4.07. The van der Waals surface area contributed by atoms with Crippen LogP contribution in [0, 0.1) is 0 Å². The van der Waals surface area contributed by atoms with Gasteiger partial charge in [-0.15, -0.1) is 0 Å². The molecule has 2 rings (SSSR count). The molecule has 2 nitrogen and oxygen atoms in total. The lowest BCUT2D eigenvalue weighted by Gasteiger charge is -2.01. The minimum Gasteiger partial charge on any atom is -0.338 e. The molecule has 0 spiro atoms. The Morgan fingerprint density at radius 1 is 1.64 bits per heavy atom. The molecule has 0 aliphatic carbocycles. The van der Waals surface area contributed by atoms with Gasteiger partial charge in [-0.3, -0.25) is 0 Å². The van der Waals surface area contributed by atoms with Crippen molar-refractivity contribution in [1.29, 1.82) is 0 Å². The highest BCUT2D eigenvalue weighted by Gasteiger charge is 2.09. The number of thiazole rings is 1. The van der Waals surface area contributed by atoms with Crippen LogP contribution in [0.1, 0.15) is 5.69 Å². The molecule has 0 unspecified atom stereocenters. The summed E-state index contributed by atoms with van der Waals surface area (Å²) in [5, 5.41) is 0. The predicted molar refractivity (Wildman–Crippen MR) is 65.7 cm³/mol. The Kier molecular flexibility index (Phi) is 3.04. The van der Waals surface area contributed by atoms with Gasteiger partial charge in [0.2, 0.25) is 0 Å². The van der Waals surface area contributed by atoms with E-state index in [4.69, 9.17) is 11.6 Å². The highest BCUT2D eigenvalue weighted by molar-refractivity contribution is 7.98. The van der Waals surface area contributed by atoms with Gasteiger partial charge in [0.25, 0.3) is 0 Å². The van der Waals surface area contributed by atoms with Gasteiger partial charge < -0.3 is 4.57 Å². The number of rotatable bonds is 3. The summed E-state index contributed by atoms with van der Waals surface area (Å²) in [5.41, 5.74) is 2.36. The van der Waals surface area contributed by atoms with Crippen molar-refractivity contribution in [3.63, 3.8) is 0 Å². The van der Waals surface area contributed by atoms with Crippen LogP contribution < -0.4 is 0 Å². The van der Waals surface area contributed by atoms with Crippen LogP contribution in [0.5, 0.6) is 0 Å². The molecule has 0 N–H and O–H groups in total. The minimum absolute atomic E-state index is 0.627. The number of hydrogen-bond donors (Lipinski definition) is 0. The van der Waals surface area contributed by atoms with Crippen LogP contribution in [0.2, 0.25) is 4.47 Å². The topological polar surface area (TPSA) is 17.8 Å². The molecule has 76 valence electrons. The average Bonchev–Trinajstić information content (AvgIpc) is 2.63. The van der Waals surface area contributed by atoms with E-state index < -0.39 is 0 Å². The van der Waals surface area contributed by atoms with E-state index in [1.54, 1.807) is 11.3 Å². The van der Waals surface area contributed by atoms with E-state index in [-0.39, 0.29) is 0 Å². The van der Waals surface area contributed by atoms with E-state index in [2.05, 4.69) is 28.9 Å². The van der Waals surface area contributed by atoms with Gasteiger partial charge in [-0.05, 0) is 24.5 Å². The van der Waals surface area contributed by atoms with Crippen LogP contribution in [0.15, 0.2) is 6.07 Å². The van der Waals surface area contributed by atoms with Crippen molar-refractivity contribution in [2.24, 2.45) is 7.05 Å². The normalized spacial score (nSPS) is 11.4. The Morgan fingerprint density at radius 2 is 2.43 bits per heavy atom. The van der Waals surface area contributed by atoms with Crippen molar-refractivity contribution in [1.82, 2.24) is 9.55 Å². The zero-order valence-electron chi connectivity index (χ0n) is 8.08. The van der Waals surface area contributed by atoms with E-state index >= 15 is 0 Å². The highest BCUT2D eigenvalue weighted by Crippen LogP contribution is 2.28. The first-order valence-corrected chi connectivity index (χ1v) is 6.91. The zero-order chi connectivity index (χ0) is 10.1. The molecule has 0 saturated carbocycles. The van der Waals surface area contributed by atoms with Crippen molar-refractivity contribution in [2.75, 3.05) is 12.0 Å². The standard InChI is InChI=1S/C9H11ClN2S2/c1-12-6(3-4-13-2)5-7-8(12)14-9(10)11-7/h5H,3-4H2,1-2H3. The number of thioether (sulfide) groups is 1. The monoisotopic (exact) mass is 246 g/mol. The summed E-state index contributed by atoms with van der Waals surface area (Å²) in [6.07, 6.45) is 3.22. The first-order valence-electron chi connectivity index (χ1n) is 4.32. The minimum atomic E-state index is 0.627. The maximum Gasteiger partial charge on any atom is 0.186 e. The third-order valence-electron chi connectivity index (χ3n) is 2.21. The predicted octanol–water partition coefficient (Wildman–Crippen LogP) is 3.19. The Morgan fingerprint density at radius 3 is 3.07 bits per heavy atom. The van der Waals surface area contributed by atoms with Crippen LogP contribution in [-0.4, -0.2) is 21.6 Å². The van der Waals surface area contributed by atoms with Crippen molar-refractivity contribution in [3.05, 3.63) is 16.2 Å². The summed E-state index contributed by atoms with van der Waals surface area (Å²) in [6, 6.07) is 2.13. The van der Waals surface area contributed by atoms with Crippen LogP contribution in [-0.2, 0) is 13.5 Å². The lowest BCUT2D eigenvalue weighted by atomic mass is 10.3. The van der Waals surface area contributed by atoms with Gasteiger partial charge in [0.05, 0.1) is 0 Å². The largest absolute Gasteiger partial charge is 0.338 e. The summed E-state index contributed by atoms with van der Waals surface area (Å²) >= 11 is 9.25. The fraction of sp³-hybridized carbons (Fsp3) is 0.444. The van der Waals surface area contributed by atoms with Crippen LogP contribution in [0.3, 0.4) is 0 Å². The van der Waals surface area contributed by atoms with Gasteiger partial charge in [-0.2, -0.15) is 11.8 Å². The van der Waals surface area contributed by atoms with E-state index in [0.717, 1.165) is 17.7 Å². The Balaban J connectivity index is 2.37. The first-order chi connectivity index (χ1) is 6.72. The fourth-order valence-corrected chi connectivity index (χ4v) is 2.95. The quantitative estimate of drug-likeness (QED) is 0.828.